The van der Waals surface area contributed by atoms with Crippen LogP contribution in [0.15, 0.2) is 59.8 Å². The molecule has 3 nitrogen and oxygen atoms in total. The van der Waals surface area contributed by atoms with Crippen LogP contribution in [0, 0.1) is 5.82 Å². The Kier molecular flexibility index (Phi) is 3.08. The van der Waals surface area contributed by atoms with Gasteiger partial charge in [-0.25, -0.2) is 9.37 Å². The van der Waals surface area contributed by atoms with E-state index in [1.807, 2.05) is 30.3 Å². The van der Waals surface area contributed by atoms with Crippen LogP contribution in [-0.4, -0.2) is 21.2 Å². The van der Waals surface area contributed by atoms with Crippen molar-refractivity contribution in [1.82, 2.24) is 9.55 Å². The van der Waals surface area contributed by atoms with Gasteiger partial charge in [0.2, 0.25) is 5.91 Å². The maximum Gasteiger partial charge on any atom is 0.243 e. The van der Waals surface area contributed by atoms with Gasteiger partial charge in [0.15, 0.2) is 5.16 Å². The Labute approximate surface area is 130 Å². The molecule has 1 aromatic heterocycles. The summed E-state index contributed by atoms with van der Waals surface area (Å²) in [6.07, 6.45) is 0. The fourth-order valence-corrected chi connectivity index (χ4v) is 3.45. The average Bonchev–Trinajstić information content (AvgIpc) is 3.09. The number of rotatable bonds is 2. The number of carbonyl (C=O) groups excluding carboxylic acids is 1. The van der Waals surface area contributed by atoms with Crippen LogP contribution >= 0.6 is 11.8 Å². The molecule has 0 amide bonds. The van der Waals surface area contributed by atoms with Gasteiger partial charge in [-0.05, 0) is 24.3 Å². The minimum absolute atomic E-state index is 0.00834. The maximum atomic E-state index is 13.2. The molecular formula is C17H11FN2OS. The molecule has 0 atom stereocenters. The molecule has 0 saturated heterocycles. The average molecular weight is 310 g/mol. The fraction of sp³-hybridized carbons (Fsp3) is 0.0588. The van der Waals surface area contributed by atoms with E-state index < -0.39 is 0 Å². The summed E-state index contributed by atoms with van der Waals surface area (Å²) in [6, 6.07) is 15.9. The molecule has 22 heavy (non-hydrogen) atoms. The third-order valence-electron chi connectivity index (χ3n) is 3.59. The SMILES string of the molecule is O=C1CSc2nc(-c3ccccc3)c(-c3ccc(F)cc3)n21. The summed E-state index contributed by atoms with van der Waals surface area (Å²) in [5, 5.41) is 0.697. The molecule has 0 unspecified atom stereocenters. The lowest BCUT2D eigenvalue weighted by atomic mass is 10.0. The van der Waals surface area contributed by atoms with Crippen molar-refractivity contribution in [1.29, 1.82) is 0 Å². The van der Waals surface area contributed by atoms with Crippen LogP contribution in [0.2, 0.25) is 0 Å². The molecule has 2 aromatic carbocycles. The number of hydrogen-bond donors (Lipinski definition) is 0. The van der Waals surface area contributed by atoms with E-state index in [4.69, 9.17) is 0 Å². The quantitative estimate of drug-likeness (QED) is 0.714. The monoisotopic (exact) mass is 310 g/mol. The normalized spacial score (nSPS) is 13.4. The summed E-state index contributed by atoms with van der Waals surface area (Å²) < 4.78 is 14.8. The number of halogens is 1. The second kappa shape index (κ2) is 5.10. The van der Waals surface area contributed by atoms with Gasteiger partial charge in [0.05, 0.1) is 17.1 Å². The molecule has 4 rings (SSSR count). The van der Waals surface area contributed by atoms with Gasteiger partial charge in [0.25, 0.3) is 0 Å². The summed E-state index contributed by atoms with van der Waals surface area (Å²) >= 11 is 1.43. The highest BCUT2D eigenvalue weighted by Gasteiger charge is 2.29. The van der Waals surface area contributed by atoms with Crippen LogP contribution in [-0.2, 0) is 0 Å². The highest BCUT2D eigenvalue weighted by Crippen LogP contribution is 2.38. The lowest BCUT2D eigenvalue weighted by Crippen LogP contribution is -2.08. The Morgan fingerprint density at radius 1 is 1.00 bits per heavy atom. The van der Waals surface area contributed by atoms with Crippen molar-refractivity contribution in [3.05, 3.63) is 60.4 Å². The van der Waals surface area contributed by atoms with Gasteiger partial charge < -0.3 is 0 Å². The summed E-state index contributed by atoms with van der Waals surface area (Å²) in [5.41, 5.74) is 3.21. The molecule has 3 aromatic rings. The van der Waals surface area contributed by atoms with E-state index in [0.29, 0.717) is 10.9 Å². The van der Waals surface area contributed by atoms with Crippen molar-refractivity contribution < 1.29 is 9.18 Å². The number of imidazole rings is 1. The predicted molar refractivity (Wildman–Crippen MR) is 84.4 cm³/mol. The maximum absolute atomic E-state index is 13.2. The highest BCUT2D eigenvalue weighted by atomic mass is 32.2. The summed E-state index contributed by atoms with van der Waals surface area (Å²) in [4.78, 5) is 16.8. The number of aromatic nitrogens is 2. The summed E-state index contributed by atoms with van der Waals surface area (Å²) in [6.45, 7) is 0. The number of hydrogen-bond acceptors (Lipinski definition) is 3. The zero-order valence-electron chi connectivity index (χ0n) is 11.5. The second-order valence-corrected chi connectivity index (χ2v) is 5.92. The minimum atomic E-state index is -0.299. The van der Waals surface area contributed by atoms with Crippen molar-refractivity contribution in [2.75, 3.05) is 5.75 Å². The first-order chi connectivity index (χ1) is 10.7. The summed E-state index contributed by atoms with van der Waals surface area (Å²) in [5.74, 6) is 0.104. The number of fused-ring (bicyclic) bond motifs is 1. The molecule has 1 aliphatic rings. The topological polar surface area (TPSA) is 34.9 Å². The fourth-order valence-electron chi connectivity index (χ4n) is 2.59. The van der Waals surface area contributed by atoms with Gasteiger partial charge in [-0.3, -0.25) is 9.36 Å². The van der Waals surface area contributed by atoms with Crippen LogP contribution in [0.25, 0.3) is 22.5 Å². The lowest BCUT2D eigenvalue weighted by molar-refractivity contribution is 0.0941. The molecule has 0 N–H and O–H groups in total. The van der Waals surface area contributed by atoms with E-state index in [9.17, 15) is 9.18 Å². The molecule has 0 radical (unpaired) electrons. The minimum Gasteiger partial charge on any atom is -0.273 e. The second-order valence-electron chi connectivity index (χ2n) is 4.98. The third-order valence-corrected chi connectivity index (χ3v) is 4.51. The Morgan fingerprint density at radius 3 is 2.45 bits per heavy atom. The molecule has 0 aliphatic carbocycles. The van der Waals surface area contributed by atoms with Crippen molar-refractivity contribution in [3.63, 3.8) is 0 Å². The highest BCUT2D eigenvalue weighted by molar-refractivity contribution is 8.00. The Morgan fingerprint density at radius 2 is 1.73 bits per heavy atom. The van der Waals surface area contributed by atoms with Crippen LogP contribution in [0.3, 0.4) is 0 Å². The van der Waals surface area contributed by atoms with Crippen molar-refractivity contribution in [2.45, 2.75) is 5.16 Å². The van der Waals surface area contributed by atoms with Crippen LogP contribution in [0.5, 0.6) is 0 Å². The molecule has 0 bridgehead atoms. The standard InChI is InChI=1S/C17H11FN2OS/c18-13-8-6-12(7-9-13)16-15(11-4-2-1-3-5-11)19-17-20(16)14(21)10-22-17/h1-9H,10H2. The molecule has 0 fully saturated rings. The van der Waals surface area contributed by atoms with Gasteiger partial charge in [-0.15, -0.1) is 0 Å². The van der Waals surface area contributed by atoms with Gasteiger partial charge in [0.1, 0.15) is 5.82 Å². The van der Waals surface area contributed by atoms with Gasteiger partial charge in [0, 0.05) is 11.1 Å². The van der Waals surface area contributed by atoms with Crippen LogP contribution < -0.4 is 0 Å². The van der Waals surface area contributed by atoms with Gasteiger partial charge >= 0.3 is 0 Å². The number of benzene rings is 2. The van der Waals surface area contributed by atoms with E-state index in [0.717, 1.165) is 22.5 Å². The summed E-state index contributed by atoms with van der Waals surface area (Å²) in [7, 11) is 0. The number of carbonyl (C=O) groups is 1. The van der Waals surface area contributed by atoms with Crippen LogP contribution in [0.4, 0.5) is 4.39 Å². The van der Waals surface area contributed by atoms with Crippen molar-refractivity contribution in [2.24, 2.45) is 0 Å². The molecule has 5 heteroatoms. The van der Waals surface area contributed by atoms with E-state index in [1.165, 1.54) is 23.9 Å². The Bertz CT molecular complexity index is 856. The van der Waals surface area contributed by atoms with Crippen molar-refractivity contribution >= 4 is 17.7 Å². The smallest absolute Gasteiger partial charge is 0.243 e. The Balaban J connectivity index is 1.99. The molecule has 1 aliphatic heterocycles. The number of thioether (sulfide) groups is 1. The molecule has 108 valence electrons. The Hall–Kier alpha value is -2.40. The van der Waals surface area contributed by atoms with E-state index in [2.05, 4.69) is 4.98 Å². The largest absolute Gasteiger partial charge is 0.273 e. The first-order valence-corrected chi connectivity index (χ1v) is 7.83. The van der Waals surface area contributed by atoms with E-state index in [-0.39, 0.29) is 11.7 Å². The zero-order chi connectivity index (χ0) is 15.1. The molecule has 2 heterocycles. The molecule has 0 spiro atoms. The van der Waals surface area contributed by atoms with E-state index >= 15 is 0 Å². The first-order valence-electron chi connectivity index (χ1n) is 6.84. The zero-order valence-corrected chi connectivity index (χ0v) is 12.3. The molecule has 0 saturated carbocycles. The predicted octanol–water partition coefficient (Wildman–Crippen LogP) is 4.10. The van der Waals surface area contributed by atoms with Gasteiger partial charge in [-0.1, -0.05) is 42.1 Å². The third kappa shape index (κ3) is 2.05. The lowest BCUT2D eigenvalue weighted by Gasteiger charge is -2.07. The first kappa shape index (κ1) is 13.3. The van der Waals surface area contributed by atoms with Crippen LogP contribution in [0.1, 0.15) is 4.79 Å². The van der Waals surface area contributed by atoms with Crippen molar-refractivity contribution in [3.8, 4) is 22.5 Å². The van der Waals surface area contributed by atoms with E-state index in [1.54, 1.807) is 16.7 Å². The molecular weight excluding hydrogens is 299 g/mol. The number of nitrogens with zero attached hydrogens (tertiary/aromatic N) is 2. The van der Waals surface area contributed by atoms with Gasteiger partial charge in [-0.2, -0.15) is 0 Å².